The summed E-state index contributed by atoms with van der Waals surface area (Å²) in [7, 11) is -3.41. The second-order valence-electron chi connectivity index (χ2n) is 4.71. The van der Waals surface area contributed by atoms with Gasteiger partial charge in [0.25, 0.3) is 0 Å². The van der Waals surface area contributed by atoms with Crippen LogP contribution in [-0.4, -0.2) is 25.8 Å². The molecule has 4 nitrogen and oxygen atoms in total. The Hall–Kier alpha value is -0.620. The minimum Gasteiger partial charge on any atom is -0.326 e. The van der Waals surface area contributed by atoms with Gasteiger partial charge in [-0.15, -0.1) is 0 Å². The zero-order valence-corrected chi connectivity index (χ0v) is 11.8. The third-order valence-corrected chi connectivity index (χ3v) is 5.48. The van der Waals surface area contributed by atoms with Gasteiger partial charge in [-0.3, -0.25) is 0 Å². The number of hydrogen-bond donors (Lipinski definition) is 1. The van der Waals surface area contributed by atoms with E-state index in [0.717, 1.165) is 12.0 Å². The first kappa shape index (κ1) is 13.8. The van der Waals surface area contributed by atoms with Gasteiger partial charge in [0.1, 0.15) is 0 Å². The molecule has 0 bridgehead atoms. The Kier molecular flexibility index (Phi) is 3.96. The molecule has 2 rings (SSSR count). The number of halogens is 1. The molecule has 2 N–H and O–H groups in total. The summed E-state index contributed by atoms with van der Waals surface area (Å²) >= 11 is 6.01. The SMILES string of the molecule is CC1CCN(S(=O)(=O)c2ccc(CN)c(Cl)c2)C1. The van der Waals surface area contributed by atoms with Crippen LogP contribution in [0.1, 0.15) is 18.9 Å². The Morgan fingerprint density at radius 2 is 2.22 bits per heavy atom. The molecule has 0 radical (unpaired) electrons. The summed E-state index contributed by atoms with van der Waals surface area (Å²) in [5.74, 6) is 0.415. The summed E-state index contributed by atoms with van der Waals surface area (Å²) in [6, 6.07) is 4.74. The standard InChI is InChI=1S/C12H17ClN2O2S/c1-9-4-5-15(8-9)18(16,17)11-3-2-10(7-14)12(13)6-11/h2-3,6,9H,4-5,7-8,14H2,1H3. The molecule has 18 heavy (non-hydrogen) atoms. The fourth-order valence-electron chi connectivity index (χ4n) is 2.12. The predicted octanol–water partition coefficient (Wildman–Crippen LogP) is 1.83. The first-order chi connectivity index (χ1) is 8.45. The Balaban J connectivity index is 2.33. The minimum absolute atomic E-state index is 0.249. The monoisotopic (exact) mass is 288 g/mol. The number of sulfonamides is 1. The van der Waals surface area contributed by atoms with Crippen LogP contribution in [0, 0.1) is 5.92 Å². The van der Waals surface area contributed by atoms with Crippen molar-refractivity contribution in [2.75, 3.05) is 13.1 Å². The number of rotatable bonds is 3. The van der Waals surface area contributed by atoms with Gasteiger partial charge in [-0.25, -0.2) is 8.42 Å². The van der Waals surface area contributed by atoms with E-state index in [0.29, 0.717) is 30.6 Å². The predicted molar refractivity (Wildman–Crippen MR) is 71.9 cm³/mol. The molecule has 6 heteroatoms. The molecule has 1 aliphatic rings. The van der Waals surface area contributed by atoms with Crippen LogP contribution in [0.5, 0.6) is 0 Å². The van der Waals surface area contributed by atoms with Gasteiger partial charge < -0.3 is 5.73 Å². The van der Waals surface area contributed by atoms with E-state index in [1.54, 1.807) is 12.1 Å². The van der Waals surface area contributed by atoms with Crippen LogP contribution < -0.4 is 5.73 Å². The van der Waals surface area contributed by atoms with Gasteiger partial charge in [0.15, 0.2) is 0 Å². The lowest BCUT2D eigenvalue weighted by atomic mass is 10.2. The van der Waals surface area contributed by atoms with Crippen molar-refractivity contribution in [3.05, 3.63) is 28.8 Å². The van der Waals surface area contributed by atoms with Crippen molar-refractivity contribution >= 4 is 21.6 Å². The van der Waals surface area contributed by atoms with E-state index < -0.39 is 10.0 Å². The maximum absolute atomic E-state index is 12.4. The molecule has 0 spiro atoms. The molecule has 0 aliphatic carbocycles. The van der Waals surface area contributed by atoms with E-state index in [2.05, 4.69) is 6.92 Å². The molecule has 1 aliphatic heterocycles. The fourth-order valence-corrected chi connectivity index (χ4v) is 4.04. The van der Waals surface area contributed by atoms with Gasteiger partial charge in [-0.1, -0.05) is 24.6 Å². The highest BCUT2D eigenvalue weighted by Crippen LogP contribution is 2.26. The van der Waals surface area contributed by atoms with Gasteiger partial charge in [0, 0.05) is 24.7 Å². The average molecular weight is 289 g/mol. The first-order valence-electron chi connectivity index (χ1n) is 5.94. The number of benzene rings is 1. The number of nitrogens with two attached hydrogens (primary N) is 1. The zero-order chi connectivity index (χ0) is 13.3. The normalized spacial score (nSPS) is 21.4. The molecule has 0 saturated carbocycles. The smallest absolute Gasteiger partial charge is 0.243 e. The summed E-state index contributed by atoms with van der Waals surface area (Å²) < 4.78 is 26.3. The summed E-state index contributed by atoms with van der Waals surface area (Å²) in [5, 5.41) is 0.408. The highest BCUT2D eigenvalue weighted by Gasteiger charge is 2.30. The first-order valence-corrected chi connectivity index (χ1v) is 7.75. The molecule has 1 saturated heterocycles. The average Bonchev–Trinajstić information content (AvgIpc) is 2.76. The summed E-state index contributed by atoms with van der Waals surface area (Å²) in [6.45, 7) is 3.53. The van der Waals surface area contributed by atoms with Crippen LogP contribution in [0.2, 0.25) is 5.02 Å². The van der Waals surface area contributed by atoms with Crippen molar-refractivity contribution in [3.63, 3.8) is 0 Å². The van der Waals surface area contributed by atoms with Crippen molar-refractivity contribution in [2.24, 2.45) is 11.7 Å². The number of nitrogens with zero attached hydrogens (tertiary/aromatic N) is 1. The second-order valence-corrected chi connectivity index (χ2v) is 7.06. The lowest BCUT2D eigenvalue weighted by molar-refractivity contribution is 0.464. The Morgan fingerprint density at radius 3 is 2.72 bits per heavy atom. The van der Waals surface area contributed by atoms with Crippen molar-refractivity contribution in [2.45, 2.75) is 24.8 Å². The molecule has 1 atom stereocenters. The third kappa shape index (κ3) is 2.54. The van der Waals surface area contributed by atoms with E-state index in [4.69, 9.17) is 17.3 Å². The van der Waals surface area contributed by atoms with Crippen molar-refractivity contribution in [1.29, 1.82) is 0 Å². The van der Waals surface area contributed by atoms with E-state index in [1.165, 1.54) is 10.4 Å². The molecule has 0 amide bonds. The maximum Gasteiger partial charge on any atom is 0.243 e. The number of hydrogen-bond acceptors (Lipinski definition) is 3. The summed E-state index contributed by atoms with van der Waals surface area (Å²) in [6.07, 6.45) is 0.911. The molecular formula is C12H17ClN2O2S. The Morgan fingerprint density at radius 1 is 1.50 bits per heavy atom. The highest BCUT2D eigenvalue weighted by molar-refractivity contribution is 7.89. The quantitative estimate of drug-likeness (QED) is 0.923. The van der Waals surface area contributed by atoms with E-state index >= 15 is 0 Å². The van der Waals surface area contributed by atoms with Gasteiger partial charge in [-0.2, -0.15) is 4.31 Å². The van der Waals surface area contributed by atoms with Crippen molar-refractivity contribution in [1.82, 2.24) is 4.31 Å². The molecule has 1 unspecified atom stereocenters. The van der Waals surface area contributed by atoms with Gasteiger partial charge in [0.05, 0.1) is 4.90 Å². The topological polar surface area (TPSA) is 63.4 Å². The molecule has 1 aromatic carbocycles. The maximum atomic E-state index is 12.4. The zero-order valence-electron chi connectivity index (χ0n) is 10.3. The van der Waals surface area contributed by atoms with Gasteiger partial charge in [-0.05, 0) is 30.0 Å². The van der Waals surface area contributed by atoms with Crippen LogP contribution in [-0.2, 0) is 16.6 Å². The van der Waals surface area contributed by atoms with Crippen LogP contribution in [0.25, 0.3) is 0 Å². The van der Waals surface area contributed by atoms with Gasteiger partial charge in [0.2, 0.25) is 10.0 Å². The van der Waals surface area contributed by atoms with Crippen molar-refractivity contribution in [3.8, 4) is 0 Å². The Labute approximate surface area is 113 Å². The largest absolute Gasteiger partial charge is 0.326 e. The molecule has 1 aromatic rings. The molecular weight excluding hydrogens is 272 g/mol. The van der Waals surface area contributed by atoms with E-state index in [9.17, 15) is 8.42 Å². The molecule has 100 valence electrons. The molecule has 1 fully saturated rings. The highest BCUT2D eigenvalue weighted by atomic mass is 35.5. The van der Waals surface area contributed by atoms with Crippen LogP contribution in [0.15, 0.2) is 23.1 Å². The Bertz CT molecular complexity index is 545. The minimum atomic E-state index is -3.41. The van der Waals surface area contributed by atoms with E-state index in [1.807, 2.05) is 0 Å². The van der Waals surface area contributed by atoms with Crippen LogP contribution in [0.4, 0.5) is 0 Å². The second kappa shape index (κ2) is 5.17. The summed E-state index contributed by atoms with van der Waals surface area (Å²) in [4.78, 5) is 0.249. The summed E-state index contributed by atoms with van der Waals surface area (Å²) in [5.41, 5.74) is 6.26. The van der Waals surface area contributed by atoms with Crippen LogP contribution >= 0.6 is 11.6 Å². The van der Waals surface area contributed by atoms with Crippen LogP contribution in [0.3, 0.4) is 0 Å². The van der Waals surface area contributed by atoms with Crippen molar-refractivity contribution < 1.29 is 8.42 Å². The third-order valence-electron chi connectivity index (χ3n) is 3.27. The van der Waals surface area contributed by atoms with E-state index in [-0.39, 0.29) is 4.90 Å². The van der Waals surface area contributed by atoms with Gasteiger partial charge >= 0.3 is 0 Å². The lowest BCUT2D eigenvalue weighted by Crippen LogP contribution is -2.28. The fraction of sp³-hybridized carbons (Fsp3) is 0.500. The molecule has 0 aromatic heterocycles. The lowest BCUT2D eigenvalue weighted by Gasteiger charge is -2.16. The molecule has 1 heterocycles.